The van der Waals surface area contributed by atoms with Crippen molar-refractivity contribution in [3.63, 3.8) is 0 Å². The van der Waals surface area contributed by atoms with E-state index >= 15 is 0 Å². The van der Waals surface area contributed by atoms with Crippen molar-refractivity contribution >= 4 is 11.8 Å². The molecule has 0 saturated carbocycles. The summed E-state index contributed by atoms with van der Waals surface area (Å²) in [5.41, 5.74) is 0. The van der Waals surface area contributed by atoms with Crippen LogP contribution >= 0.6 is 0 Å². The van der Waals surface area contributed by atoms with Gasteiger partial charge in [0.1, 0.15) is 12.5 Å². The minimum atomic E-state index is -0.333. The highest BCUT2D eigenvalue weighted by Crippen LogP contribution is 1.98. The lowest BCUT2D eigenvalue weighted by Crippen LogP contribution is -2.30. The molecule has 0 aliphatic rings. The summed E-state index contributed by atoms with van der Waals surface area (Å²) in [7, 11) is 1.50. The molecule has 70 valence electrons. The lowest BCUT2D eigenvalue weighted by molar-refractivity contribution is 0.177. The third-order valence-electron chi connectivity index (χ3n) is 1.28. The smallest absolute Gasteiger partial charge is 0.322 e. The summed E-state index contributed by atoms with van der Waals surface area (Å²) in [6, 6.07) is 4.93. The Hall–Kier alpha value is -1.62. The number of aromatic nitrogens is 1. The van der Waals surface area contributed by atoms with Crippen molar-refractivity contribution in [3.05, 3.63) is 24.4 Å². The summed E-state index contributed by atoms with van der Waals surface area (Å²) in [6.07, 6.45) is 1.60. The molecule has 2 amide bonds. The molecule has 0 aliphatic carbocycles. The molecule has 0 aromatic carbocycles. The molecule has 0 fully saturated rings. The van der Waals surface area contributed by atoms with E-state index in [0.29, 0.717) is 5.82 Å². The quantitative estimate of drug-likeness (QED) is 0.678. The van der Waals surface area contributed by atoms with E-state index < -0.39 is 0 Å². The van der Waals surface area contributed by atoms with Crippen molar-refractivity contribution in [3.8, 4) is 0 Å². The predicted molar refractivity (Wildman–Crippen MR) is 48.3 cm³/mol. The number of methoxy groups -OCH3 is 1. The Morgan fingerprint density at radius 1 is 1.62 bits per heavy atom. The van der Waals surface area contributed by atoms with Crippen LogP contribution in [-0.4, -0.2) is 24.9 Å². The number of anilines is 1. The maximum atomic E-state index is 11.0. The summed E-state index contributed by atoms with van der Waals surface area (Å²) in [4.78, 5) is 14.9. The number of nitrogens with zero attached hydrogens (tertiary/aromatic N) is 1. The fourth-order valence-electron chi connectivity index (χ4n) is 0.735. The number of carbonyl (C=O) groups excluding carboxylic acids is 1. The van der Waals surface area contributed by atoms with Gasteiger partial charge in [0, 0.05) is 13.3 Å². The zero-order valence-electron chi connectivity index (χ0n) is 7.28. The predicted octanol–water partition coefficient (Wildman–Crippen LogP) is 0.807. The van der Waals surface area contributed by atoms with Crippen LogP contribution in [0.2, 0.25) is 0 Å². The van der Waals surface area contributed by atoms with Gasteiger partial charge in [-0.3, -0.25) is 5.32 Å². The first-order valence-corrected chi connectivity index (χ1v) is 3.78. The molecule has 0 saturated heterocycles. The Balaban J connectivity index is 2.37. The number of urea groups is 1. The van der Waals surface area contributed by atoms with E-state index in [2.05, 4.69) is 20.4 Å². The van der Waals surface area contributed by atoms with Crippen molar-refractivity contribution in [1.82, 2.24) is 10.3 Å². The number of amides is 2. The van der Waals surface area contributed by atoms with Gasteiger partial charge in [-0.15, -0.1) is 0 Å². The van der Waals surface area contributed by atoms with Crippen LogP contribution in [0, 0.1) is 0 Å². The Morgan fingerprint density at radius 3 is 3.08 bits per heavy atom. The first-order valence-electron chi connectivity index (χ1n) is 3.78. The molecule has 0 radical (unpaired) electrons. The van der Waals surface area contributed by atoms with E-state index in [1.807, 2.05) is 0 Å². The van der Waals surface area contributed by atoms with Gasteiger partial charge in [0.2, 0.25) is 0 Å². The molecule has 0 bridgehead atoms. The third kappa shape index (κ3) is 3.53. The first-order chi connectivity index (χ1) is 6.33. The molecule has 5 heteroatoms. The number of rotatable bonds is 3. The van der Waals surface area contributed by atoms with E-state index in [-0.39, 0.29) is 12.8 Å². The largest absolute Gasteiger partial charge is 0.364 e. The van der Waals surface area contributed by atoms with Gasteiger partial charge in [-0.25, -0.2) is 9.78 Å². The normalized spacial score (nSPS) is 9.31. The SMILES string of the molecule is COCNC(=O)Nc1ccccn1. The first kappa shape index (κ1) is 9.47. The zero-order chi connectivity index (χ0) is 9.52. The number of pyridine rings is 1. The number of ether oxygens (including phenoxy) is 1. The van der Waals surface area contributed by atoms with E-state index in [0.717, 1.165) is 0 Å². The average Bonchev–Trinajstić information content (AvgIpc) is 2.16. The molecule has 0 atom stereocenters. The molecule has 5 nitrogen and oxygen atoms in total. The molecule has 1 aromatic heterocycles. The van der Waals surface area contributed by atoms with Gasteiger partial charge >= 0.3 is 6.03 Å². The van der Waals surface area contributed by atoms with Crippen LogP contribution < -0.4 is 10.6 Å². The maximum absolute atomic E-state index is 11.0. The van der Waals surface area contributed by atoms with Crippen molar-refractivity contribution in [2.75, 3.05) is 19.2 Å². The van der Waals surface area contributed by atoms with Crippen LogP contribution in [0.1, 0.15) is 0 Å². The van der Waals surface area contributed by atoms with Crippen molar-refractivity contribution in [2.24, 2.45) is 0 Å². The van der Waals surface area contributed by atoms with Crippen LogP contribution in [0.25, 0.3) is 0 Å². The second-order valence-corrected chi connectivity index (χ2v) is 2.28. The minimum Gasteiger partial charge on any atom is -0.364 e. The molecular weight excluding hydrogens is 170 g/mol. The number of hydrogen-bond donors (Lipinski definition) is 2. The average molecular weight is 181 g/mol. The second kappa shape index (κ2) is 5.10. The fraction of sp³-hybridized carbons (Fsp3) is 0.250. The molecule has 0 unspecified atom stereocenters. The number of hydrogen-bond acceptors (Lipinski definition) is 3. The minimum absolute atomic E-state index is 0.179. The van der Waals surface area contributed by atoms with Crippen molar-refractivity contribution in [1.29, 1.82) is 0 Å². The fourth-order valence-corrected chi connectivity index (χ4v) is 0.735. The summed E-state index contributed by atoms with van der Waals surface area (Å²) in [5, 5.41) is 5.00. The molecule has 2 N–H and O–H groups in total. The Morgan fingerprint density at radius 2 is 2.46 bits per heavy atom. The number of nitrogens with one attached hydrogen (secondary N) is 2. The Kier molecular flexibility index (Phi) is 3.72. The highest BCUT2D eigenvalue weighted by Gasteiger charge is 1.99. The highest BCUT2D eigenvalue weighted by atomic mass is 16.5. The topological polar surface area (TPSA) is 63.2 Å². The molecule has 1 aromatic rings. The summed E-state index contributed by atoms with van der Waals surface area (Å²) in [5.74, 6) is 0.510. The van der Waals surface area contributed by atoms with Gasteiger partial charge in [-0.1, -0.05) is 6.07 Å². The lowest BCUT2D eigenvalue weighted by atomic mass is 10.5. The summed E-state index contributed by atoms with van der Waals surface area (Å²) >= 11 is 0. The zero-order valence-corrected chi connectivity index (χ0v) is 7.28. The molecule has 13 heavy (non-hydrogen) atoms. The number of carbonyl (C=O) groups is 1. The van der Waals surface area contributed by atoms with Crippen LogP contribution in [0.15, 0.2) is 24.4 Å². The van der Waals surface area contributed by atoms with Crippen LogP contribution in [0.4, 0.5) is 10.6 Å². The lowest BCUT2D eigenvalue weighted by Gasteiger charge is -2.04. The van der Waals surface area contributed by atoms with E-state index in [9.17, 15) is 4.79 Å². The molecule has 1 rings (SSSR count). The van der Waals surface area contributed by atoms with E-state index in [1.54, 1.807) is 24.4 Å². The van der Waals surface area contributed by atoms with Gasteiger partial charge < -0.3 is 10.1 Å². The summed E-state index contributed by atoms with van der Waals surface area (Å²) in [6.45, 7) is 0.179. The van der Waals surface area contributed by atoms with Gasteiger partial charge in [-0.05, 0) is 12.1 Å². The molecular formula is C8H11N3O2. The molecule has 0 aliphatic heterocycles. The summed E-state index contributed by atoms with van der Waals surface area (Å²) < 4.78 is 4.66. The van der Waals surface area contributed by atoms with Gasteiger partial charge in [0.05, 0.1) is 0 Å². The maximum Gasteiger partial charge on any atom is 0.322 e. The van der Waals surface area contributed by atoms with Gasteiger partial charge in [0.15, 0.2) is 0 Å². The van der Waals surface area contributed by atoms with Crippen molar-refractivity contribution < 1.29 is 9.53 Å². The van der Waals surface area contributed by atoms with E-state index in [1.165, 1.54) is 7.11 Å². The third-order valence-corrected chi connectivity index (χ3v) is 1.28. The molecule has 1 heterocycles. The Bertz CT molecular complexity index is 263. The Labute approximate surface area is 76.1 Å². The molecule has 0 spiro atoms. The van der Waals surface area contributed by atoms with Crippen LogP contribution in [0.5, 0.6) is 0 Å². The van der Waals surface area contributed by atoms with Gasteiger partial charge in [-0.2, -0.15) is 0 Å². The van der Waals surface area contributed by atoms with Crippen molar-refractivity contribution in [2.45, 2.75) is 0 Å². The second-order valence-electron chi connectivity index (χ2n) is 2.28. The highest BCUT2D eigenvalue weighted by molar-refractivity contribution is 5.87. The monoisotopic (exact) mass is 181 g/mol. The van der Waals surface area contributed by atoms with Gasteiger partial charge in [0.25, 0.3) is 0 Å². The van der Waals surface area contributed by atoms with Crippen LogP contribution in [-0.2, 0) is 4.74 Å². The van der Waals surface area contributed by atoms with E-state index in [4.69, 9.17) is 0 Å². The standard InChI is InChI=1S/C8H11N3O2/c1-13-6-10-8(12)11-7-4-2-3-5-9-7/h2-5H,6H2,1H3,(H2,9,10,11,12). The van der Waals surface area contributed by atoms with Crippen LogP contribution in [0.3, 0.4) is 0 Å².